The number of hydrogen-bond acceptors (Lipinski definition) is 2. The van der Waals surface area contributed by atoms with Crippen molar-refractivity contribution >= 4 is 5.69 Å². The van der Waals surface area contributed by atoms with Crippen molar-refractivity contribution in [3.63, 3.8) is 0 Å². The molecule has 1 aliphatic heterocycles. The zero-order chi connectivity index (χ0) is 11.6. The quantitative estimate of drug-likeness (QED) is 0.827. The van der Waals surface area contributed by atoms with Gasteiger partial charge in [-0.05, 0) is 29.9 Å². The monoisotopic (exact) mass is 218 g/mol. The van der Waals surface area contributed by atoms with Crippen molar-refractivity contribution in [1.82, 2.24) is 0 Å². The fourth-order valence-corrected chi connectivity index (χ4v) is 2.34. The first kappa shape index (κ1) is 11.5. The third-order valence-electron chi connectivity index (χ3n) is 3.67. The second-order valence-corrected chi connectivity index (χ2v) is 5.48. The van der Waals surface area contributed by atoms with Gasteiger partial charge in [0.15, 0.2) is 0 Å². The van der Waals surface area contributed by atoms with Crippen LogP contribution < -0.4 is 10.6 Å². The van der Waals surface area contributed by atoms with E-state index in [9.17, 15) is 0 Å². The fourth-order valence-electron chi connectivity index (χ4n) is 2.34. The van der Waals surface area contributed by atoms with Crippen LogP contribution in [0.5, 0.6) is 0 Å². The van der Waals surface area contributed by atoms with Crippen molar-refractivity contribution in [1.29, 1.82) is 0 Å². The summed E-state index contributed by atoms with van der Waals surface area (Å²) in [7, 11) is 0. The Morgan fingerprint density at radius 3 is 2.44 bits per heavy atom. The third kappa shape index (κ3) is 2.38. The van der Waals surface area contributed by atoms with E-state index in [-0.39, 0.29) is 0 Å². The highest BCUT2D eigenvalue weighted by atomic mass is 15.1. The van der Waals surface area contributed by atoms with E-state index in [1.165, 1.54) is 24.1 Å². The number of nitrogens with two attached hydrogens (primary N) is 1. The van der Waals surface area contributed by atoms with Gasteiger partial charge in [-0.1, -0.05) is 32.0 Å². The van der Waals surface area contributed by atoms with Gasteiger partial charge in [-0.25, -0.2) is 0 Å². The lowest BCUT2D eigenvalue weighted by Crippen LogP contribution is -2.37. The summed E-state index contributed by atoms with van der Waals surface area (Å²) >= 11 is 0. The van der Waals surface area contributed by atoms with E-state index in [1.54, 1.807) is 0 Å². The molecule has 2 N–H and O–H groups in total. The molecule has 0 aliphatic carbocycles. The van der Waals surface area contributed by atoms with Crippen molar-refractivity contribution < 1.29 is 0 Å². The molecule has 0 spiro atoms. The summed E-state index contributed by atoms with van der Waals surface area (Å²) < 4.78 is 0. The Kier molecular flexibility index (Phi) is 3.20. The van der Waals surface area contributed by atoms with Gasteiger partial charge in [0.25, 0.3) is 0 Å². The topological polar surface area (TPSA) is 29.3 Å². The van der Waals surface area contributed by atoms with E-state index in [0.717, 1.165) is 13.1 Å². The first-order chi connectivity index (χ1) is 7.62. The minimum atomic E-state index is 0.508. The standard InChI is InChI=1S/C14H22N2/c1-14(2)7-9-16(10-8-14)13-6-4-3-5-12(13)11-15/h3-6H,7-11,15H2,1-2H3. The number of nitrogens with zero attached hydrogens (tertiary/aromatic N) is 1. The van der Waals surface area contributed by atoms with Gasteiger partial charge in [0.1, 0.15) is 0 Å². The number of hydrogen-bond donors (Lipinski definition) is 1. The molecule has 2 nitrogen and oxygen atoms in total. The molecule has 1 fully saturated rings. The summed E-state index contributed by atoms with van der Waals surface area (Å²) in [4.78, 5) is 2.48. The Balaban J connectivity index is 2.14. The van der Waals surface area contributed by atoms with Crippen molar-refractivity contribution in [3.05, 3.63) is 29.8 Å². The van der Waals surface area contributed by atoms with Gasteiger partial charge in [0, 0.05) is 25.3 Å². The molecule has 0 unspecified atom stereocenters. The Morgan fingerprint density at radius 1 is 1.19 bits per heavy atom. The van der Waals surface area contributed by atoms with E-state index in [0.29, 0.717) is 12.0 Å². The van der Waals surface area contributed by atoms with Crippen LogP contribution in [0.25, 0.3) is 0 Å². The van der Waals surface area contributed by atoms with E-state index < -0.39 is 0 Å². The van der Waals surface area contributed by atoms with Crippen molar-refractivity contribution in [2.24, 2.45) is 11.1 Å². The Bertz CT molecular complexity index is 348. The Hall–Kier alpha value is -1.02. The molecule has 16 heavy (non-hydrogen) atoms. The molecular weight excluding hydrogens is 196 g/mol. The molecule has 0 bridgehead atoms. The highest BCUT2D eigenvalue weighted by molar-refractivity contribution is 5.53. The summed E-state index contributed by atoms with van der Waals surface area (Å²) in [5, 5.41) is 0. The van der Waals surface area contributed by atoms with Crippen LogP contribution in [0.1, 0.15) is 32.3 Å². The van der Waals surface area contributed by atoms with Crippen LogP contribution in [0.15, 0.2) is 24.3 Å². The van der Waals surface area contributed by atoms with E-state index >= 15 is 0 Å². The van der Waals surface area contributed by atoms with Gasteiger partial charge in [-0.15, -0.1) is 0 Å². The van der Waals surface area contributed by atoms with Crippen LogP contribution >= 0.6 is 0 Å². The Morgan fingerprint density at radius 2 is 1.81 bits per heavy atom. The molecule has 1 aromatic carbocycles. The van der Waals surface area contributed by atoms with Crippen LogP contribution in [0.4, 0.5) is 5.69 Å². The van der Waals surface area contributed by atoms with Crippen LogP contribution in [0, 0.1) is 5.41 Å². The highest BCUT2D eigenvalue weighted by Crippen LogP contribution is 2.33. The summed E-state index contributed by atoms with van der Waals surface area (Å²) in [6.45, 7) is 7.67. The Labute approximate surface area is 98.4 Å². The maximum atomic E-state index is 5.78. The van der Waals surface area contributed by atoms with Crippen LogP contribution in [0.2, 0.25) is 0 Å². The van der Waals surface area contributed by atoms with Crippen LogP contribution in [-0.4, -0.2) is 13.1 Å². The summed E-state index contributed by atoms with van der Waals surface area (Å²) in [5.41, 5.74) is 8.89. The van der Waals surface area contributed by atoms with Crippen LogP contribution in [0.3, 0.4) is 0 Å². The lowest BCUT2D eigenvalue weighted by atomic mass is 9.82. The molecule has 0 atom stereocenters. The second kappa shape index (κ2) is 4.46. The molecule has 0 aromatic heterocycles. The highest BCUT2D eigenvalue weighted by Gasteiger charge is 2.25. The van der Waals surface area contributed by atoms with E-state index in [2.05, 4.69) is 43.0 Å². The van der Waals surface area contributed by atoms with Gasteiger partial charge in [0.2, 0.25) is 0 Å². The molecule has 1 saturated heterocycles. The van der Waals surface area contributed by atoms with Gasteiger partial charge in [-0.3, -0.25) is 0 Å². The first-order valence-electron chi connectivity index (χ1n) is 6.15. The van der Waals surface area contributed by atoms with Gasteiger partial charge in [-0.2, -0.15) is 0 Å². The maximum absolute atomic E-state index is 5.78. The largest absolute Gasteiger partial charge is 0.371 e. The summed E-state index contributed by atoms with van der Waals surface area (Å²) in [6, 6.07) is 8.50. The molecule has 0 radical (unpaired) electrons. The van der Waals surface area contributed by atoms with Gasteiger partial charge in [0.05, 0.1) is 0 Å². The van der Waals surface area contributed by atoms with E-state index in [4.69, 9.17) is 5.73 Å². The minimum absolute atomic E-state index is 0.508. The first-order valence-corrected chi connectivity index (χ1v) is 6.15. The lowest BCUT2D eigenvalue weighted by Gasteiger charge is -2.39. The SMILES string of the molecule is CC1(C)CCN(c2ccccc2CN)CC1. The predicted octanol–water partition coefficient (Wildman–Crippen LogP) is 2.77. The number of rotatable bonds is 2. The molecule has 2 heteroatoms. The fraction of sp³-hybridized carbons (Fsp3) is 0.571. The van der Waals surface area contributed by atoms with Crippen molar-refractivity contribution in [2.45, 2.75) is 33.2 Å². The third-order valence-corrected chi connectivity index (χ3v) is 3.67. The number of piperidine rings is 1. The second-order valence-electron chi connectivity index (χ2n) is 5.48. The molecule has 2 rings (SSSR count). The zero-order valence-corrected chi connectivity index (χ0v) is 10.4. The van der Waals surface area contributed by atoms with Gasteiger partial charge < -0.3 is 10.6 Å². The minimum Gasteiger partial charge on any atom is -0.371 e. The normalized spacial score (nSPS) is 19.8. The maximum Gasteiger partial charge on any atom is 0.0411 e. The van der Waals surface area contributed by atoms with Crippen molar-refractivity contribution in [3.8, 4) is 0 Å². The predicted molar refractivity (Wildman–Crippen MR) is 69.6 cm³/mol. The lowest BCUT2D eigenvalue weighted by molar-refractivity contribution is 0.279. The molecule has 1 heterocycles. The summed E-state index contributed by atoms with van der Waals surface area (Å²) in [5.74, 6) is 0. The van der Waals surface area contributed by atoms with Crippen LogP contribution in [-0.2, 0) is 6.54 Å². The summed E-state index contributed by atoms with van der Waals surface area (Å²) in [6.07, 6.45) is 2.54. The average molecular weight is 218 g/mol. The smallest absolute Gasteiger partial charge is 0.0411 e. The molecule has 1 aliphatic rings. The average Bonchev–Trinajstić information content (AvgIpc) is 2.29. The molecule has 1 aromatic rings. The molecule has 0 saturated carbocycles. The molecule has 0 amide bonds. The number of benzene rings is 1. The molecular formula is C14H22N2. The zero-order valence-electron chi connectivity index (χ0n) is 10.4. The van der Waals surface area contributed by atoms with E-state index in [1.807, 2.05) is 0 Å². The van der Waals surface area contributed by atoms with Crippen molar-refractivity contribution in [2.75, 3.05) is 18.0 Å². The number of para-hydroxylation sites is 1. The molecule has 88 valence electrons. The number of anilines is 1. The van der Waals surface area contributed by atoms with Gasteiger partial charge >= 0.3 is 0 Å².